The van der Waals surface area contributed by atoms with Crippen LogP contribution in [0.1, 0.15) is 24.5 Å². The highest BCUT2D eigenvalue weighted by atomic mass is 16.5. The maximum atomic E-state index is 13.1. The Bertz CT molecular complexity index is 756. The molecule has 4 nitrogen and oxygen atoms in total. The Morgan fingerprint density at radius 2 is 1.75 bits per heavy atom. The Hall–Kier alpha value is -2.62. The second-order valence-electron chi connectivity index (χ2n) is 6.23. The van der Waals surface area contributed by atoms with E-state index in [1.165, 1.54) is 12.5 Å². The fourth-order valence-electron chi connectivity index (χ4n) is 3.40. The van der Waals surface area contributed by atoms with Gasteiger partial charge in [-0.2, -0.15) is 0 Å². The fourth-order valence-corrected chi connectivity index (χ4v) is 3.40. The van der Waals surface area contributed by atoms with Gasteiger partial charge in [-0.3, -0.25) is 9.59 Å². The number of hydrogen-bond donors (Lipinski definition) is 0. The number of esters is 1. The van der Waals surface area contributed by atoms with Crippen LogP contribution in [0.2, 0.25) is 0 Å². The quantitative estimate of drug-likeness (QED) is 0.794. The van der Waals surface area contributed by atoms with Gasteiger partial charge in [-0.1, -0.05) is 48.5 Å². The van der Waals surface area contributed by atoms with E-state index in [2.05, 4.69) is 12.1 Å². The van der Waals surface area contributed by atoms with E-state index in [1.54, 1.807) is 11.9 Å². The van der Waals surface area contributed by atoms with Crippen LogP contribution in [-0.4, -0.2) is 25.5 Å². The normalized spacial score (nSPS) is 19.2. The van der Waals surface area contributed by atoms with E-state index >= 15 is 0 Å². The van der Waals surface area contributed by atoms with E-state index in [1.807, 2.05) is 42.5 Å². The molecule has 0 spiro atoms. The summed E-state index contributed by atoms with van der Waals surface area (Å²) in [6.45, 7) is 1.45. The van der Waals surface area contributed by atoms with E-state index in [9.17, 15) is 9.59 Å². The summed E-state index contributed by atoms with van der Waals surface area (Å²) in [7, 11) is 1.78. The van der Waals surface area contributed by atoms with Gasteiger partial charge in [0.15, 0.2) is 0 Å². The lowest BCUT2D eigenvalue weighted by molar-refractivity contribution is -0.144. The van der Waals surface area contributed by atoms with Crippen LogP contribution in [-0.2, 0) is 26.2 Å². The number of aryl methyl sites for hydroxylation is 1. The maximum Gasteiger partial charge on any atom is 0.302 e. The number of hydrogen-bond acceptors (Lipinski definition) is 3. The van der Waals surface area contributed by atoms with Gasteiger partial charge in [0.05, 0.1) is 0 Å². The summed E-state index contributed by atoms with van der Waals surface area (Å²) in [5.41, 5.74) is 2.18. The van der Waals surface area contributed by atoms with Crippen LogP contribution in [0.4, 0.5) is 5.69 Å². The molecule has 2 aromatic carbocycles. The minimum atomic E-state index is -0.813. The largest absolute Gasteiger partial charge is 0.464 e. The lowest BCUT2D eigenvalue weighted by Gasteiger charge is -2.27. The molecule has 3 rings (SSSR count). The average Bonchev–Trinajstić information content (AvgIpc) is 2.82. The van der Waals surface area contributed by atoms with E-state index in [-0.39, 0.29) is 18.5 Å². The fraction of sp³-hybridized carbons (Fsp3) is 0.300. The second-order valence-corrected chi connectivity index (χ2v) is 6.23. The lowest BCUT2D eigenvalue weighted by Crippen LogP contribution is -2.43. The molecule has 0 radical (unpaired) electrons. The SMILES string of the molecule is CC(=O)OC[C@@]1(CCc2ccccc2)C(=O)N(C)c2ccccc21. The van der Waals surface area contributed by atoms with Crippen molar-refractivity contribution in [3.63, 3.8) is 0 Å². The van der Waals surface area contributed by atoms with Crippen molar-refractivity contribution >= 4 is 17.6 Å². The smallest absolute Gasteiger partial charge is 0.302 e. The number of rotatable bonds is 5. The minimum absolute atomic E-state index is 0.0131. The van der Waals surface area contributed by atoms with Crippen LogP contribution < -0.4 is 4.90 Å². The highest BCUT2D eigenvalue weighted by Gasteiger charge is 2.50. The van der Waals surface area contributed by atoms with E-state index in [4.69, 9.17) is 4.74 Å². The first-order valence-electron chi connectivity index (χ1n) is 8.09. The summed E-state index contributed by atoms with van der Waals surface area (Å²) in [6, 6.07) is 17.8. The van der Waals surface area contributed by atoms with Gasteiger partial charge in [0.1, 0.15) is 12.0 Å². The summed E-state index contributed by atoms with van der Waals surface area (Å²) in [6.07, 6.45) is 1.35. The van der Waals surface area contributed by atoms with E-state index in [0.717, 1.165) is 17.7 Å². The number of ether oxygens (including phenoxy) is 1. The average molecular weight is 323 g/mol. The van der Waals surface area contributed by atoms with Gasteiger partial charge >= 0.3 is 5.97 Å². The predicted molar refractivity (Wildman–Crippen MR) is 92.9 cm³/mol. The van der Waals surface area contributed by atoms with Gasteiger partial charge < -0.3 is 9.64 Å². The van der Waals surface area contributed by atoms with Crippen LogP contribution in [0.25, 0.3) is 0 Å². The van der Waals surface area contributed by atoms with Gasteiger partial charge in [0, 0.05) is 19.7 Å². The topological polar surface area (TPSA) is 46.6 Å². The number of likely N-dealkylation sites (N-methyl/N-ethyl adjacent to an activating group) is 1. The molecule has 0 saturated carbocycles. The number of anilines is 1. The van der Waals surface area contributed by atoms with Crippen molar-refractivity contribution in [3.05, 3.63) is 65.7 Å². The van der Waals surface area contributed by atoms with Crippen LogP contribution in [0.5, 0.6) is 0 Å². The molecule has 1 heterocycles. The molecule has 1 aliphatic heterocycles. The van der Waals surface area contributed by atoms with Crippen molar-refractivity contribution in [1.82, 2.24) is 0 Å². The summed E-state index contributed by atoms with van der Waals surface area (Å²) in [5, 5.41) is 0. The maximum absolute atomic E-state index is 13.1. The Morgan fingerprint density at radius 3 is 2.46 bits per heavy atom. The number of nitrogens with zero attached hydrogens (tertiary/aromatic N) is 1. The number of carbonyl (C=O) groups is 2. The first kappa shape index (κ1) is 16.2. The van der Waals surface area contributed by atoms with Gasteiger partial charge in [0.2, 0.25) is 5.91 Å². The molecule has 0 fully saturated rings. The molecule has 1 amide bonds. The van der Waals surface area contributed by atoms with E-state index in [0.29, 0.717) is 6.42 Å². The van der Waals surface area contributed by atoms with Crippen molar-refractivity contribution in [1.29, 1.82) is 0 Å². The van der Waals surface area contributed by atoms with Crippen LogP contribution in [0.3, 0.4) is 0 Å². The number of fused-ring (bicyclic) bond motifs is 1. The monoisotopic (exact) mass is 323 g/mol. The molecular weight excluding hydrogens is 302 g/mol. The molecule has 2 aromatic rings. The zero-order valence-electron chi connectivity index (χ0n) is 14.0. The Morgan fingerprint density at radius 1 is 1.08 bits per heavy atom. The highest BCUT2D eigenvalue weighted by molar-refractivity contribution is 6.08. The third-order valence-electron chi connectivity index (χ3n) is 4.70. The number of amides is 1. The minimum Gasteiger partial charge on any atom is -0.464 e. The van der Waals surface area contributed by atoms with Gasteiger partial charge in [-0.15, -0.1) is 0 Å². The zero-order chi connectivity index (χ0) is 17.2. The van der Waals surface area contributed by atoms with Crippen molar-refractivity contribution in [3.8, 4) is 0 Å². The molecule has 0 saturated heterocycles. The Kier molecular flexibility index (Phi) is 4.38. The number of carbonyl (C=O) groups excluding carboxylic acids is 2. The molecule has 1 aliphatic rings. The molecule has 24 heavy (non-hydrogen) atoms. The number of para-hydroxylation sites is 1. The standard InChI is InChI=1S/C20H21NO3/c1-15(22)24-14-20(13-12-16-8-4-3-5-9-16)17-10-6-7-11-18(17)21(2)19(20)23/h3-11H,12-14H2,1-2H3/t20-/m1/s1. The summed E-state index contributed by atoms with van der Waals surface area (Å²) in [4.78, 5) is 26.1. The van der Waals surface area contributed by atoms with Crippen molar-refractivity contribution in [2.24, 2.45) is 0 Å². The van der Waals surface area contributed by atoms with Crippen LogP contribution in [0, 0.1) is 0 Å². The van der Waals surface area contributed by atoms with Crippen molar-refractivity contribution in [2.75, 3.05) is 18.6 Å². The molecule has 124 valence electrons. The molecule has 0 aliphatic carbocycles. The van der Waals surface area contributed by atoms with Gasteiger partial charge in [-0.05, 0) is 30.0 Å². The van der Waals surface area contributed by atoms with Crippen molar-refractivity contribution in [2.45, 2.75) is 25.2 Å². The van der Waals surface area contributed by atoms with Crippen LogP contribution >= 0.6 is 0 Å². The zero-order valence-corrected chi connectivity index (χ0v) is 14.0. The Labute approximate surface area is 142 Å². The van der Waals surface area contributed by atoms with Crippen molar-refractivity contribution < 1.29 is 14.3 Å². The number of benzene rings is 2. The highest BCUT2D eigenvalue weighted by Crippen LogP contribution is 2.44. The molecule has 0 N–H and O–H groups in total. The van der Waals surface area contributed by atoms with Crippen LogP contribution in [0.15, 0.2) is 54.6 Å². The third kappa shape index (κ3) is 2.80. The molecule has 0 aromatic heterocycles. The third-order valence-corrected chi connectivity index (χ3v) is 4.70. The first-order valence-corrected chi connectivity index (χ1v) is 8.09. The summed E-state index contributed by atoms with van der Waals surface area (Å²) in [5.74, 6) is -0.380. The van der Waals surface area contributed by atoms with Gasteiger partial charge in [0.25, 0.3) is 0 Å². The predicted octanol–water partition coefficient (Wildman–Crippen LogP) is 3.10. The molecular formula is C20H21NO3. The Balaban J connectivity index is 1.96. The van der Waals surface area contributed by atoms with Gasteiger partial charge in [-0.25, -0.2) is 0 Å². The summed E-state index contributed by atoms with van der Waals surface area (Å²) < 4.78 is 5.31. The molecule has 4 heteroatoms. The molecule has 0 unspecified atom stereocenters. The molecule has 0 bridgehead atoms. The van der Waals surface area contributed by atoms with E-state index < -0.39 is 5.41 Å². The summed E-state index contributed by atoms with van der Waals surface area (Å²) >= 11 is 0. The first-order chi connectivity index (χ1) is 11.5. The lowest BCUT2D eigenvalue weighted by atomic mass is 9.77. The molecule has 1 atom stereocenters. The second kappa shape index (κ2) is 6.48.